The van der Waals surface area contributed by atoms with E-state index in [2.05, 4.69) is 88.4 Å². The van der Waals surface area contributed by atoms with Gasteiger partial charge >= 0.3 is 11.9 Å². The number of carbonyl (C=O) groups excluding carboxylic acids is 2. The second kappa shape index (κ2) is 17.0. The van der Waals surface area contributed by atoms with Crippen LogP contribution in [0.3, 0.4) is 0 Å². The van der Waals surface area contributed by atoms with E-state index in [-0.39, 0.29) is 0 Å². The lowest BCUT2D eigenvalue weighted by molar-refractivity contribution is 0.0717. The number of esters is 2. The predicted octanol–water partition coefficient (Wildman–Crippen LogP) is 11.5. The summed E-state index contributed by atoms with van der Waals surface area (Å²) in [6.45, 7) is 16.4. The highest BCUT2D eigenvalue weighted by atomic mass is 16.5. The van der Waals surface area contributed by atoms with E-state index < -0.39 is 11.9 Å². The van der Waals surface area contributed by atoms with Crippen LogP contribution in [0.4, 0.5) is 0 Å². The van der Waals surface area contributed by atoms with Crippen LogP contribution in [0, 0.1) is 55.4 Å². The smallest absolute Gasteiger partial charge is 0.343 e. The van der Waals surface area contributed by atoms with Crippen LogP contribution in [0.2, 0.25) is 0 Å². The molecule has 0 aliphatic carbocycles. The average Bonchev–Trinajstić information content (AvgIpc) is 3.14. The van der Waals surface area contributed by atoms with Crippen molar-refractivity contribution in [2.45, 2.75) is 68.2 Å². The molecule has 6 aromatic rings. The van der Waals surface area contributed by atoms with Crippen molar-refractivity contribution in [2.24, 2.45) is 0 Å². The Morgan fingerprint density at radius 3 is 0.962 bits per heavy atom. The van der Waals surface area contributed by atoms with Gasteiger partial charge in [-0.1, -0.05) is 107 Å². The molecule has 0 amide bonds. The first-order chi connectivity index (χ1) is 24.9. The fraction of sp³-hybridized carbons (Fsp3) is 0.208. The molecule has 4 nitrogen and oxygen atoms in total. The van der Waals surface area contributed by atoms with Gasteiger partial charge in [-0.25, -0.2) is 9.59 Å². The molecule has 0 heterocycles. The Morgan fingerprint density at radius 2 is 0.654 bits per heavy atom. The zero-order valence-electron chi connectivity index (χ0n) is 31.6. The van der Waals surface area contributed by atoms with Gasteiger partial charge in [-0.15, -0.1) is 0 Å². The van der Waals surface area contributed by atoms with Gasteiger partial charge in [0.2, 0.25) is 0 Å². The molecule has 264 valence electrons. The number of benzene rings is 6. The summed E-state index contributed by atoms with van der Waals surface area (Å²) in [5.74, 6) is 0.0372. The SMILES string of the molecule is Cc1ccc(C(=O)Oc2ccc(OC(=O)c3ccc(C)cc3)c(C)c2C)cc1.Cc1ccc(Cc2ccc(Cc3ccc(C)cc3)c(C)c2C)cc1. The zero-order chi connectivity index (χ0) is 37.4. The molecule has 0 saturated heterocycles. The summed E-state index contributed by atoms with van der Waals surface area (Å²) in [6.07, 6.45) is 2.02. The summed E-state index contributed by atoms with van der Waals surface area (Å²) in [5.41, 5.74) is 15.7. The van der Waals surface area contributed by atoms with Crippen molar-refractivity contribution in [2.75, 3.05) is 0 Å². The van der Waals surface area contributed by atoms with Gasteiger partial charge in [-0.2, -0.15) is 0 Å². The third kappa shape index (κ3) is 9.73. The van der Waals surface area contributed by atoms with E-state index >= 15 is 0 Å². The van der Waals surface area contributed by atoms with Crippen molar-refractivity contribution < 1.29 is 19.1 Å². The second-order valence-electron chi connectivity index (χ2n) is 13.8. The fourth-order valence-electron chi connectivity index (χ4n) is 5.86. The van der Waals surface area contributed by atoms with E-state index in [9.17, 15) is 9.59 Å². The Labute approximate surface area is 309 Å². The normalized spacial score (nSPS) is 10.6. The summed E-state index contributed by atoms with van der Waals surface area (Å²) in [7, 11) is 0. The molecule has 0 aliphatic heterocycles. The van der Waals surface area contributed by atoms with Gasteiger partial charge in [-0.05, 0) is 149 Å². The largest absolute Gasteiger partial charge is 0.423 e. The van der Waals surface area contributed by atoms with Crippen molar-refractivity contribution in [3.05, 3.63) is 199 Å². The van der Waals surface area contributed by atoms with Crippen molar-refractivity contribution >= 4 is 11.9 Å². The van der Waals surface area contributed by atoms with Gasteiger partial charge < -0.3 is 9.47 Å². The summed E-state index contributed by atoms with van der Waals surface area (Å²) in [6, 6.07) is 40.1. The number of hydrogen-bond acceptors (Lipinski definition) is 4. The topological polar surface area (TPSA) is 52.6 Å². The van der Waals surface area contributed by atoms with Crippen LogP contribution >= 0.6 is 0 Å². The first-order valence-electron chi connectivity index (χ1n) is 17.7. The van der Waals surface area contributed by atoms with Crippen LogP contribution < -0.4 is 9.47 Å². The van der Waals surface area contributed by atoms with Gasteiger partial charge in [0, 0.05) is 0 Å². The highest BCUT2D eigenvalue weighted by molar-refractivity contribution is 5.92. The molecule has 0 atom stereocenters. The summed E-state index contributed by atoms with van der Waals surface area (Å²) in [4.78, 5) is 24.7. The van der Waals surface area contributed by atoms with E-state index in [0.29, 0.717) is 22.6 Å². The Hall–Kier alpha value is -5.74. The second-order valence-corrected chi connectivity index (χ2v) is 13.8. The van der Waals surface area contributed by atoms with E-state index in [1.807, 2.05) is 52.0 Å². The minimum Gasteiger partial charge on any atom is -0.423 e. The quantitative estimate of drug-likeness (QED) is 0.118. The molecule has 0 radical (unpaired) electrons. The molecule has 0 unspecified atom stereocenters. The van der Waals surface area contributed by atoms with Gasteiger partial charge in [0.25, 0.3) is 0 Å². The maximum absolute atomic E-state index is 12.4. The minimum absolute atomic E-state index is 0.424. The molecule has 0 bridgehead atoms. The minimum atomic E-state index is -0.424. The average molecular weight is 689 g/mol. The maximum Gasteiger partial charge on any atom is 0.343 e. The molecule has 6 aromatic carbocycles. The van der Waals surface area contributed by atoms with E-state index in [4.69, 9.17) is 9.47 Å². The van der Waals surface area contributed by atoms with Crippen molar-refractivity contribution in [1.82, 2.24) is 0 Å². The Morgan fingerprint density at radius 1 is 0.365 bits per heavy atom. The molecule has 0 fully saturated rings. The highest BCUT2D eigenvalue weighted by Gasteiger charge is 2.16. The molecule has 0 saturated carbocycles. The lowest BCUT2D eigenvalue weighted by Crippen LogP contribution is -2.12. The Bertz CT molecular complexity index is 2000. The van der Waals surface area contributed by atoms with E-state index in [1.165, 1.54) is 44.5 Å². The van der Waals surface area contributed by atoms with Crippen molar-refractivity contribution in [1.29, 1.82) is 0 Å². The van der Waals surface area contributed by atoms with Gasteiger partial charge in [0.15, 0.2) is 0 Å². The summed E-state index contributed by atoms with van der Waals surface area (Å²) in [5, 5.41) is 0. The molecule has 6 rings (SSSR count). The van der Waals surface area contributed by atoms with E-state index in [0.717, 1.165) is 35.1 Å². The molecule has 0 N–H and O–H groups in total. The highest BCUT2D eigenvalue weighted by Crippen LogP contribution is 2.30. The maximum atomic E-state index is 12.4. The molecule has 0 aromatic heterocycles. The standard InChI is InChI=1S/C24H22O4.C24H26/c1-15-5-9-19(10-6-15)23(25)27-21-13-14-22(18(4)17(21)3)28-24(26)20-11-7-16(2)8-12-20;1-17-5-9-21(10-6-17)15-23-13-14-24(20(4)19(23)3)16-22-11-7-18(2)8-12-22/h5-14H,1-4H3;5-14H,15-16H2,1-4H3. The number of rotatable bonds is 8. The lowest BCUT2D eigenvalue weighted by atomic mass is 9.91. The van der Waals surface area contributed by atoms with Crippen LogP contribution in [0.5, 0.6) is 11.5 Å². The number of carbonyl (C=O) groups is 2. The van der Waals surface area contributed by atoms with Gasteiger partial charge in [0.05, 0.1) is 11.1 Å². The third-order valence-corrected chi connectivity index (χ3v) is 9.71. The Kier molecular flexibility index (Phi) is 12.2. The molecular formula is C48H48O4. The van der Waals surface area contributed by atoms with E-state index in [1.54, 1.807) is 36.4 Å². The van der Waals surface area contributed by atoms with Crippen molar-refractivity contribution in [3.8, 4) is 11.5 Å². The van der Waals surface area contributed by atoms with Crippen LogP contribution in [0.25, 0.3) is 0 Å². The molecule has 0 aliphatic rings. The lowest BCUT2D eigenvalue weighted by Gasteiger charge is -2.14. The monoisotopic (exact) mass is 688 g/mol. The third-order valence-electron chi connectivity index (χ3n) is 9.71. The molecule has 52 heavy (non-hydrogen) atoms. The first kappa shape index (κ1) is 37.5. The predicted molar refractivity (Wildman–Crippen MR) is 212 cm³/mol. The molecular weight excluding hydrogens is 641 g/mol. The van der Waals surface area contributed by atoms with Crippen LogP contribution in [-0.2, 0) is 12.8 Å². The van der Waals surface area contributed by atoms with Crippen LogP contribution in [-0.4, -0.2) is 11.9 Å². The van der Waals surface area contributed by atoms with Gasteiger partial charge in [-0.3, -0.25) is 0 Å². The van der Waals surface area contributed by atoms with Crippen LogP contribution in [0.1, 0.15) is 87.5 Å². The van der Waals surface area contributed by atoms with Crippen LogP contribution in [0.15, 0.2) is 121 Å². The van der Waals surface area contributed by atoms with Crippen molar-refractivity contribution in [3.63, 3.8) is 0 Å². The Balaban J connectivity index is 0.000000203. The summed E-state index contributed by atoms with van der Waals surface area (Å²) < 4.78 is 11.1. The molecule has 4 heteroatoms. The zero-order valence-corrected chi connectivity index (χ0v) is 31.6. The number of ether oxygens (including phenoxy) is 2. The first-order valence-corrected chi connectivity index (χ1v) is 17.7. The van der Waals surface area contributed by atoms with Gasteiger partial charge in [0.1, 0.15) is 11.5 Å². The number of aryl methyl sites for hydroxylation is 4. The number of hydrogen-bond donors (Lipinski definition) is 0. The summed E-state index contributed by atoms with van der Waals surface area (Å²) >= 11 is 0. The molecule has 0 spiro atoms. The fourth-order valence-corrected chi connectivity index (χ4v) is 5.86.